The van der Waals surface area contributed by atoms with Crippen molar-refractivity contribution in [1.29, 1.82) is 0 Å². The fourth-order valence-electron chi connectivity index (χ4n) is 2.25. The van der Waals surface area contributed by atoms with E-state index in [1.54, 1.807) is 7.11 Å². The van der Waals surface area contributed by atoms with E-state index in [1.165, 1.54) is 11.3 Å². The van der Waals surface area contributed by atoms with Crippen molar-refractivity contribution in [3.05, 3.63) is 18.2 Å². The van der Waals surface area contributed by atoms with Crippen LogP contribution in [-0.4, -0.2) is 41.8 Å². The SMILES string of the molecule is COc1cccc2sc(NC(=O)[C@@H]3C[C@@H](O)CN3)nc12. The number of benzene rings is 1. The second-order valence-electron chi connectivity index (χ2n) is 4.67. The number of nitrogens with one attached hydrogen (secondary N) is 2. The maximum atomic E-state index is 12.0. The van der Waals surface area contributed by atoms with Crippen LogP contribution in [0.2, 0.25) is 0 Å². The van der Waals surface area contributed by atoms with Crippen molar-refractivity contribution in [3.8, 4) is 5.75 Å². The largest absolute Gasteiger partial charge is 0.494 e. The van der Waals surface area contributed by atoms with Gasteiger partial charge in [-0.05, 0) is 18.6 Å². The van der Waals surface area contributed by atoms with E-state index in [2.05, 4.69) is 15.6 Å². The van der Waals surface area contributed by atoms with Crippen LogP contribution in [0.5, 0.6) is 5.75 Å². The number of aromatic nitrogens is 1. The van der Waals surface area contributed by atoms with Crippen molar-refractivity contribution in [1.82, 2.24) is 10.3 Å². The Kier molecular flexibility index (Phi) is 3.56. The summed E-state index contributed by atoms with van der Waals surface area (Å²) in [7, 11) is 1.59. The molecule has 0 radical (unpaired) electrons. The summed E-state index contributed by atoms with van der Waals surface area (Å²) < 4.78 is 6.20. The molecule has 2 atom stereocenters. The van der Waals surface area contributed by atoms with E-state index in [9.17, 15) is 9.90 Å². The quantitative estimate of drug-likeness (QED) is 0.785. The second-order valence-corrected chi connectivity index (χ2v) is 5.70. The number of ether oxygens (including phenoxy) is 1. The third-order valence-electron chi connectivity index (χ3n) is 3.26. The average Bonchev–Trinajstić information content (AvgIpc) is 3.03. The minimum absolute atomic E-state index is 0.167. The first kappa shape index (κ1) is 13.3. The van der Waals surface area contributed by atoms with Gasteiger partial charge in [0.05, 0.1) is 24.0 Å². The number of aliphatic hydroxyl groups is 1. The van der Waals surface area contributed by atoms with Crippen molar-refractivity contribution in [2.75, 3.05) is 19.0 Å². The molecule has 2 heterocycles. The van der Waals surface area contributed by atoms with Gasteiger partial charge in [0.1, 0.15) is 11.3 Å². The molecule has 106 valence electrons. The smallest absolute Gasteiger partial charge is 0.243 e. The molecule has 1 aromatic heterocycles. The Balaban J connectivity index is 1.79. The number of carbonyl (C=O) groups is 1. The van der Waals surface area contributed by atoms with E-state index in [4.69, 9.17) is 4.74 Å². The first-order valence-electron chi connectivity index (χ1n) is 6.33. The Bertz CT molecular complexity index is 643. The van der Waals surface area contributed by atoms with Crippen molar-refractivity contribution in [3.63, 3.8) is 0 Å². The summed E-state index contributed by atoms with van der Waals surface area (Å²) in [4.78, 5) is 16.4. The number of amides is 1. The summed E-state index contributed by atoms with van der Waals surface area (Å²) in [5, 5.41) is 15.7. The zero-order valence-corrected chi connectivity index (χ0v) is 11.7. The van der Waals surface area contributed by atoms with Gasteiger partial charge in [0, 0.05) is 6.54 Å². The van der Waals surface area contributed by atoms with Crippen LogP contribution in [0, 0.1) is 0 Å². The van der Waals surface area contributed by atoms with Crippen LogP contribution < -0.4 is 15.4 Å². The lowest BCUT2D eigenvalue weighted by atomic mass is 10.2. The van der Waals surface area contributed by atoms with Gasteiger partial charge in [-0.3, -0.25) is 4.79 Å². The molecule has 3 N–H and O–H groups in total. The zero-order chi connectivity index (χ0) is 14.1. The highest BCUT2D eigenvalue weighted by Gasteiger charge is 2.28. The maximum absolute atomic E-state index is 12.0. The Hall–Kier alpha value is -1.70. The van der Waals surface area contributed by atoms with Gasteiger partial charge < -0.3 is 20.5 Å². The van der Waals surface area contributed by atoms with Gasteiger partial charge in [-0.1, -0.05) is 17.4 Å². The molecule has 20 heavy (non-hydrogen) atoms. The molecule has 0 aliphatic carbocycles. The second kappa shape index (κ2) is 5.35. The van der Waals surface area contributed by atoms with Gasteiger partial charge >= 0.3 is 0 Å². The number of hydrogen-bond acceptors (Lipinski definition) is 6. The van der Waals surface area contributed by atoms with E-state index in [1.807, 2.05) is 18.2 Å². The van der Waals surface area contributed by atoms with Gasteiger partial charge in [0.15, 0.2) is 5.13 Å². The molecule has 7 heteroatoms. The predicted molar refractivity (Wildman–Crippen MR) is 77.2 cm³/mol. The minimum Gasteiger partial charge on any atom is -0.494 e. The van der Waals surface area contributed by atoms with Gasteiger partial charge in [-0.2, -0.15) is 0 Å². The Morgan fingerprint density at radius 2 is 2.45 bits per heavy atom. The van der Waals surface area contributed by atoms with Gasteiger partial charge in [0.2, 0.25) is 5.91 Å². The highest BCUT2D eigenvalue weighted by Crippen LogP contribution is 2.32. The normalized spacial score (nSPS) is 22.1. The predicted octanol–water partition coefficient (Wildman–Crippen LogP) is 0.966. The summed E-state index contributed by atoms with van der Waals surface area (Å²) in [5.74, 6) is 0.522. The maximum Gasteiger partial charge on any atom is 0.243 e. The molecule has 1 fully saturated rings. The summed E-state index contributed by atoms with van der Waals surface area (Å²) >= 11 is 1.40. The van der Waals surface area contributed by atoms with Crippen molar-refractivity contribution in [2.24, 2.45) is 0 Å². The summed E-state index contributed by atoms with van der Waals surface area (Å²) in [5.41, 5.74) is 0.745. The van der Waals surface area contributed by atoms with Crippen molar-refractivity contribution >= 4 is 32.6 Å². The van der Waals surface area contributed by atoms with Gasteiger partial charge in [-0.15, -0.1) is 0 Å². The fourth-order valence-corrected chi connectivity index (χ4v) is 3.14. The molecule has 3 rings (SSSR count). The molecule has 1 aliphatic heterocycles. The third-order valence-corrected chi connectivity index (χ3v) is 4.19. The highest BCUT2D eigenvalue weighted by atomic mass is 32.1. The number of methoxy groups -OCH3 is 1. The lowest BCUT2D eigenvalue weighted by Gasteiger charge is -2.08. The van der Waals surface area contributed by atoms with E-state index >= 15 is 0 Å². The number of rotatable bonds is 3. The van der Waals surface area contributed by atoms with E-state index in [0.717, 1.165) is 10.2 Å². The molecular weight excluding hydrogens is 278 g/mol. The molecule has 1 aliphatic rings. The fraction of sp³-hybridized carbons (Fsp3) is 0.385. The topological polar surface area (TPSA) is 83.5 Å². The first-order chi connectivity index (χ1) is 9.67. The Morgan fingerprint density at radius 3 is 3.15 bits per heavy atom. The number of para-hydroxylation sites is 1. The van der Waals surface area contributed by atoms with E-state index in [-0.39, 0.29) is 11.9 Å². The summed E-state index contributed by atoms with van der Waals surface area (Å²) in [6.45, 7) is 0.450. The van der Waals surface area contributed by atoms with Gasteiger partial charge in [-0.25, -0.2) is 4.98 Å². The molecule has 1 saturated heterocycles. The summed E-state index contributed by atoms with van der Waals surface area (Å²) in [6, 6.07) is 5.30. The molecule has 6 nitrogen and oxygen atoms in total. The molecule has 0 unspecified atom stereocenters. The number of carbonyl (C=O) groups excluding carboxylic acids is 1. The monoisotopic (exact) mass is 293 g/mol. The first-order valence-corrected chi connectivity index (χ1v) is 7.15. The number of fused-ring (bicyclic) bond motifs is 1. The number of hydrogen-bond donors (Lipinski definition) is 3. The number of thiazole rings is 1. The molecule has 0 bridgehead atoms. The van der Waals surface area contributed by atoms with Gasteiger partial charge in [0.25, 0.3) is 0 Å². The van der Waals surface area contributed by atoms with Crippen molar-refractivity contribution < 1.29 is 14.6 Å². The van der Waals surface area contributed by atoms with Crippen LogP contribution in [0.1, 0.15) is 6.42 Å². The molecule has 2 aromatic rings. The van der Waals surface area contributed by atoms with Crippen LogP contribution in [0.15, 0.2) is 18.2 Å². The minimum atomic E-state index is -0.457. The van der Waals surface area contributed by atoms with Crippen LogP contribution in [0.4, 0.5) is 5.13 Å². The zero-order valence-electron chi connectivity index (χ0n) is 10.9. The van der Waals surface area contributed by atoms with Crippen molar-refractivity contribution in [2.45, 2.75) is 18.6 Å². The molecule has 1 aromatic carbocycles. The highest BCUT2D eigenvalue weighted by molar-refractivity contribution is 7.22. The summed E-state index contributed by atoms with van der Waals surface area (Å²) in [6.07, 6.45) is -0.0266. The number of β-amino-alcohol motifs (C(OH)–C–C–N with tert-alkyl or cyclic N) is 1. The lowest BCUT2D eigenvalue weighted by Crippen LogP contribution is -2.35. The molecule has 0 spiro atoms. The van der Waals surface area contributed by atoms with Crippen LogP contribution >= 0.6 is 11.3 Å². The molecule has 1 amide bonds. The van der Waals surface area contributed by atoms with Crippen LogP contribution in [0.25, 0.3) is 10.2 Å². The number of anilines is 1. The molecular formula is C13H15N3O3S. The standard InChI is InChI=1S/C13H15N3O3S/c1-19-9-3-2-4-10-11(9)15-13(20-10)16-12(18)8-5-7(17)6-14-8/h2-4,7-8,14,17H,5-6H2,1H3,(H,15,16,18)/t7-,8+/m1/s1. The molecule has 0 saturated carbocycles. The Labute approximate surface area is 119 Å². The third kappa shape index (κ3) is 2.47. The number of nitrogens with zero attached hydrogens (tertiary/aromatic N) is 1. The van der Waals surface area contributed by atoms with Crippen LogP contribution in [0.3, 0.4) is 0 Å². The average molecular weight is 293 g/mol. The Morgan fingerprint density at radius 1 is 1.60 bits per heavy atom. The lowest BCUT2D eigenvalue weighted by molar-refractivity contribution is -0.117. The number of aliphatic hydroxyl groups excluding tert-OH is 1. The van der Waals surface area contributed by atoms with E-state index < -0.39 is 6.10 Å². The van der Waals surface area contributed by atoms with E-state index in [0.29, 0.717) is 23.8 Å². The van der Waals surface area contributed by atoms with Crippen LogP contribution in [-0.2, 0) is 4.79 Å².